The number of rotatable bonds is 8. The highest BCUT2D eigenvalue weighted by atomic mass is 15.2. The summed E-state index contributed by atoms with van der Waals surface area (Å²) in [6.45, 7) is 0. The van der Waals surface area contributed by atoms with E-state index in [1.54, 1.807) is 0 Å². The Morgan fingerprint density at radius 1 is 0.364 bits per heavy atom. The molecule has 2 nitrogen and oxygen atoms in total. The summed E-state index contributed by atoms with van der Waals surface area (Å²) in [6, 6.07) is 55.8. The van der Waals surface area contributed by atoms with Crippen LogP contribution >= 0.6 is 0 Å². The van der Waals surface area contributed by atoms with Crippen LogP contribution in [0.5, 0.6) is 0 Å². The summed E-state index contributed by atoms with van der Waals surface area (Å²) < 4.78 is 0. The Hall–Kier alpha value is -5.08. The normalized spacial score (nSPS) is 19.6. The van der Waals surface area contributed by atoms with E-state index in [9.17, 15) is 0 Å². The van der Waals surface area contributed by atoms with Gasteiger partial charge >= 0.3 is 0 Å². The van der Waals surface area contributed by atoms with Gasteiger partial charge in [0.2, 0.25) is 0 Å². The topological polar surface area (TPSA) is 6.48 Å². The Morgan fingerprint density at radius 3 is 1.15 bits per heavy atom. The molecule has 0 heterocycles. The van der Waals surface area contributed by atoms with Crippen molar-refractivity contribution in [2.75, 3.05) is 9.80 Å². The molecule has 0 aromatic heterocycles. The molecular formula is C53H54N2. The maximum Gasteiger partial charge on any atom is 0.0505 e. The summed E-state index contributed by atoms with van der Waals surface area (Å²) >= 11 is 0. The summed E-state index contributed by atoms with van der Waals surface area (Å²) in [6.07, 6.45) is 18.0. The summed E-state index contributed by atoms with van der Waals surface area (Å²) in [5.41, 5.74) is 16.6. The van der Waals surface area contributed by atoms with Crippen LogP contribution in [-0.2, 0) is 18.3 Å². The van der Waals surface area contributed by atoms with E-state index in [-0.39, 0.29) is 5.41 Å². The van der Waals surface area contributed by atoms with Crippen LogP contribution in [0.3, 0.4) is 0 Å². The van der Waals surface area contributed by atoms with Crippen LogP contribution in [0.2, 0.25) is 0 Å². The molecule has 2 heteroatoms. The lowest BCUT2D eigenvalue weighted by molar-refractivity contribution is 0.443. The Kier molecular flexibility index (Phi) is 9.30. The Labute approximate surface area is 328 Å². The van der Waals surface area contributed by atoms with Gasteiger partial charge in [-0.3, -0.25) is 0 Å². The Balaban J connectivity index is 1.13. The van der Waals surface area contributed by atoms with Crippen molar-refractivity contribution < 1.29 is 0 Å². The summed E-state index contributed by atoms with van der Waals surface area (Å²) in [5.74, 6) is 1.39. The number of nitrogens with zero attached hydrogens (tertiary/aromatic N) is 2. The Morgan fingerprint density at radius 2 is 0.745 bits per heavy atom. The van der Waals surface area contributed by atoms with E-state index in [1.807, 2.05) is 0 Å². The average molecular weight is 719 g/mol. The second-order valence-corrected chi connectivity index (χ2v) is 16.9. The number of anilines is 6. The van der Waals surface area contributed by atoms with E-state index >= 15 is 0 Å². The van der Waals surface area contributed by atoms with Gasteiger partial charge < -0.3 is 9.80 Å². The SMILES string of the molecule is c1ccc(N(c2ccccc2)c2cccc3c2[C@@]2(CC3)CCc3cccc(N(c4ccc(C5CCCCC5)cc4)c4ccc(C5CCCCC5)cc4)c32)cc1. The lowest BCUT2D eigenvalue weighted by atomic mass is 9.74. The van der Waals surface area contributed by atoms with Crippen LogP contribution in [0.1, 0.15) is 122 Å². The van der Waals surface area contributed by atoms with E-state index < -0.39 is 0 Å². The third-order valence-corrected chi connectivity index (χ3v) is 13.8. The van der Waals surface area contributed by atoms with Gasteiger partial charge in [-0.15, -0.1) is 0 Å². The minimum Gasteiger partial charge on any atom is -0.310 e. The van der Waals surface area contributed by atoms with Crippen molar-refractivity contribution in [1.29, 1.82) is 0 Å². The monoisotopic (exact) mass is 718 g/mol. The zero-order chi connectivity index (χ0) is 36.6. The molecule has 276 valence electrons. The highest BCUT2D eigenvalue weighted by Gasteiger charge is 2.49. The molecule has 0 unspecified atom stereocenters. The van der Waals surface area contributed by atoms with Crippen molar-refractivity contribution in [3.63, 3.8) is 0 Å². The second-order valence-electron chi connectivity index (χ2n) is 16.9. The van der Waals surface area contributed by atoms with Gasteiger partial charge in [0, 0.05) is 28.2 Å². The van der Waals surface area contributed by atoms with Crippen LogP contribution in [0.15, 0.2) is 146 Å². The lowest BCUT2D eigenvalue weighted by Crippen LogP contribution is -2.27. The lowest BCUT2D eigenvalue weighted by Gasteiger charge is -2.37. The predicted molar refractivity (Wildman–Crippen MR) is 231 cm³/mol. The van der Waals surface area contributed by atoms with E-state index in [1.165, 1.54) is 132 Å². The van der Waals surface area contributed by atoms with Gasteiger partial charge in [0.25, 0.3) is 0 Å². The third-order valence-electron chi connectivity index (χ3n) is 13.8. The number of para-hydroxylation sites is 2. The molecule has 0 bridgehead atoms. The maximum atomic E-state index is 2.62. The van der Waals surface area contributed by atoms with Crippen LogP contribution in [0, 0.1) is 0 Å². The van der Waals surface area contributed by atoms with Crippen LogP contribution in [-0.4, -0.2) is 0 Å². The molecule has 6 aromatic rings. The zero-order valence-corrected chi connectivity index (χ0v) is 32.3. The molecule has 0 radical (unpaired) electrons. The number of benzene rings is 6. The van der Waals surface area contributed by atoms with Gasteiger partial charge in [-0.25, -0.2) is 0 Å². The predicted octanol–water partition coefficient (Wildman–Crippen LogP) is 14.9. The second kappa shape index (κ2) is 14.9. The first-order chi connectivity index (χ1) is 27.3. The maximum absolute atomic E-state index is 2.62. The molecule has 2 fully saturated rings. The first-order valence-electron chi connectivity index (χ1n) is 21.4. The molecule has 4 aliphatic rings. The summed E-state index contributed by atoms with van der Waals surface area (Å²) in [5, 5.41) is 0. The molecule has 1 atom stereocenters. The largest absolute Gasteiger partial charge is 0.310 e. The van der Waals surface area contributed by atoms with Crippen LogP contribution in [0.4, 0.5) is 34.1 Å². The summed E-state index contributed by atoms with van der Waals surface area (Å²) in [4.78, 5) is 5.13. The van der Waals surface area contributed by atoms with Crippen molar-refractivity contribution in [2.24, 2.45) is 0 Å². The van der Waals surface area contributed by atoms with Crippen LogP contribution < -0.4 is 9.80 Å². The first-order valence-corrected chi connectivity index (χ1v) is 21.4. The number of hydrogen-bond donors (Lipinski definition) is 0. The fourth-order valence-corrected chi connectivity index (χ4v) is 11.2. The van der Waals surface area contributed by atoms with Crippen molar-refractivity contribution in [3.8, 4) is 0 Å². The number of hydrogen-bond acceptors (Lipinski definition) is 2. The van der Waals surface area contributed by atoms with Gasteiger partial charge in [-0.2, -0.15) is 0 Å². The molecular weight excluding hydrogens is 665 g/mol. The van der Waals surface area contributed by atoms with Gasteiger partial charge in [-0.1, -0.05) is 123 Å². The van der Waals surface area contributed by atoms with Crippen molar-refractivity contribution >= 4 is 34.1 Å². The molecule has 1 spiro atoms. The zero-order valence-electron chi connectivity index (χ0n) is 32.3. The fraction of sp³-hybridized carbons (Fsp3) is 0.321. The molecule has 2 saturated carbocycles. The standard InChI is InChI=1S/C53H54N2/c1-5-15-39(16-6-1)41-27-31-47(32-28-41)55(48-33-29-42(30-34-48)40-17-7-2-8-18-40)50-26-14-20-44-36-38-53(52(44)50)37-35-43-19-13-25-49(51(43)53)54(45-21-9-3-10-22-45)46-23-11-4-12-24-46/h3-4,9-14,19-34,39-40H,1-2,5-8,15-18,35-38H2/t53-/m1/s1. The molecule has 4 aliphatic carbocycles. The smallest absolute Gasteiger partial charge is 0.0505 e. The molecule has 0 aliphatic heterocycles. The van der Waals surface area contributed by atoms with Gasteiger partial charge in [0.05, 0.1) is 11.4 Å². The quantitative estimate of drug-likeness (QED) is 0.155. The molecule has 55 heavy (non-hydrogen) atoms. The molecule has 0 N–H and O–H groups in total. The highest BCUT2D eigenvalue weighted by Crippen LogP contribution is 2.60. The van der Waals surface area contributed by atoms with E-state index in [4.69, 9.17) is 0 Å². The van der Waals surface area contributed by atoms with Crippen molar-refractivity contribution in [1.82, 2.24) is 0 Å². The van der Waals surface area contributed by atoms with Crippen molar-refractivity contribution in [2.45, 2.75) is 107 Å². The average Bonchev–Trinajstić information content (AvgIpc) is 3.84. The summed E-state index contributed by atoms with van der Waals surface area (Å²) in [7, 11) is 0. The number of aryl methyl sites for hydroxylation is 2. The van der Waals surface area contributed by atoms with Gasteiger partial charge in [0.15, 0.2) is 0 Å². The molecule has 0 saturated heterocycles. The fourth-order valence-electron chi connectivity index (χ4n) is 11.2. The Bertz CT molecular complexity index is 2120. The molecule has 6 aromatic carbocycles. The third kappa shape index (κ3) is 6.28. The highest BCUT2D eigenvalue weighted by molar-refractivity contribution is 5.85. The van der Waals surface area contributed by atoms with E-state index in [0.717, 1.165) is 25.7 Å². The van der Waals surface area contributed by atoms with Gasteiger partial charge in [0.1, 0.15) is 0 Å². The van der Waals surface area contributed by atoms with E-state index in [2.05, 4.69) is 155 Å². The van der Waals surface area contributed by atoms with Crippen LogP contribution in [0.25, 0.3) is 0 Å². The molecule has 0 amide bonds. The van der Waals surface area contributed by atoms with Crippen molar-refractivity contribution in [3.05, 3.63) is 179 Å². The minimum atomic E-state index is -0.0814. The van der Waals surface area contributed by atoms with Gasteiger partial charge in [-0.05, 0) is 157 Å². The number of fused-ring (bicyclic) bond motifs is 4. The van der Waals surface area contributed by atoms with E-state index in [0.29, 0.717) is 11.8 Å². The molecule has 10 rings (SSSR count). The minimum absolute atomic E-state index is 0.0814. The first kappa shape index (κ1) is 34.4.